The monoisotopic (exact) mass is 339 g/mol. The zero-order valence-electron chi connectivity index (χ0n) is 12.4. The van der Waals surface area contributed by atoms with Crippen molar-refractivity contribution in [1.82, 2.24) is 34.7 Å². The summed E-state index contributed by atoms with van der Waals surface area (Å²) in [6, 6.07) is 2.05. The molecule has 3 heterocycles. The quantitative estimate of drug-likeness (QED) is 0.770. The highest BCUT2D eigenvalue weighted by molar-refractivity contribution is 5.90. The highest BCUT2D eigenvalue weighted by Gasteiger charge is 2.33. The molecule has 1 amide bonds. The second-order valence-corrected chi connectivity index (χ2v) is 5.09. The minimum absolute atomic E-state index is 0.0722. The first-order valence-electron chi connectivity index (χ1n) is 6.92. The summed E-state index contributed by atoms with van der Waals surface area (Å²) in [6.07, 6.45) is -0.175. The Bertz CT molecular complexity index is 837. The molecule has 0 saturated carbocycles. The number of amides is 1. The Morgan fingerprint density at radius 2 is 2.12 bits per heavy atom. The van der Waals surface area contributed by atoms with Crippen molar-refractivity contribution in [3.63, 3.8) is 0 Å². The number of nitrogens with zero attached hydrogens (tertiary/aromatic N) is 6. The largest absolute Gasteiger partial charge is 0.435 e. The van der Waals surface area contributed by atoms with Crippen molar-refractivity contribution in [2.24, 2.45) is 0 Å². The van der Waals surface area contributed by atoms with Crippen molar-refractivity contribution < 1.29 is 18.0 Å². The summed E-state index contributed by atoms with van der Waals surface area (Å²) in [5.74, 6) is -0.342. The number of fused-ring (bicyclic) bond motifs is 1. The molecule has 126 valence electrons. The first-order valence-corrected chi connectivity index (χ1v) is 6.92. The molecule has 1 N–H and O–H groups in total. The molecular weight excluding hydrogens is 327 g/mol. The van der Waals surface area contributed by atoms with Crippen LogP contribution in [-0.4, -0.2) is 41.3 Å². The molecule has 3 aromatic heterocycles. The Kier molecular flexibility index (Phi) is 3.91. The van der Waals surface area contributed by atoms with Gasteiger partial charge in [0.1, 0.15) is 0 Å². The maximum atomic E-state index is 12.5. The van der Waals surface area contributed by atoms with E-state index >= 15 is 0 Å². The fourth-order valence-electron chi connectivity index (χ4n) is 2.06. The van der Waals surface area contributed by atoms with Gasteiger partial charge in [0, 0.05) is 24.6 Å². The van der Waals surface area contributed by atoms with Gasteiger partial charge in [-0.15, -0.1) is 5.10 Å². The second-order valence-electron chi connectivity index (χ2n) is 5.09. The predicted octanol–water partition coefficient (Wildman–Crippen LogP) is 1.16. The number of nitrogens with one attached hydrogen (secondary N) is 1. The maximum absolute atomic E-state index is 12.5. The molecule has 8 nitrogen and oxygen atoms in total. The third-order valence-electron chi connectivity index (χ3n) is 3.09. The first kappa shape index (κ1) is 15.9. The molecule has 0 bridgehead atoms. The van der Waals surface area contributed by atoms with E-state index in [1.807, 2.05) is 0 Å². The molecule has 11 heteroatoms. The van der Waals surface area contributed by atoms with Crippen molar-refractivity contribution in [3.8, 4) is 0 Å². The van der Waals surface area contributed by atoms with Crippen LogP contribution >= 0.6 is 0 Å². The van der Waals surface area contributed by atoms with E-state index in [1.165, 1.54) is 16.9 Å². The van der Waals surface area contributed by atoms with E-state index in [2.05, 4.69) is 25.5 Å². The number of aromatic nitrogens is 6. The predicted molar refractivity (Wildman–Crippen MR) is 74.9 cm³/mol. The number of carbonyl (C=O) groups excluding carboxylic acids is 1. The van der Waals surface area contributed by atoms with Crippen molar-refractivity contribution in [3.05, 3.63) is 42.2 Å². The van der Waals surface area contributed by atoms with Crippen molar-refractivity contribution in [1.29, 1.82) is 0 Å². The molecule has 0 fully saturated rings. The van der Waals surface area contributed by atoms with Crippen LogP contribution in [-0.2, 0) is 12.7 Å². The molecule has 0 aliphatic carbocycles. The van der Waals surface area contributed by atoms with Gasteiger partial charge in [0.05, 0.1) is 6.54 Å². The normalized spacial score (nSPS) is 13.2. The van der Waals surface area contributed by atoms with E-state index in [4.69, 9.17) is 0 Å². The van der Waals surface area contributed by atoms with Gasteiger partial charge < -0.3 is 5.32 Å². The summed E-state index contributed by atoms with van der Waals surface area (Å²) in [6.45, 7) is 1.72. The first-order chi connectivity index (χ1) is 11.3. The molecule has 1 atom stereocenters. The topological polar surface area (TPSA) is 90.0 Å². The average molecular weight is 339 g/mol. The molecule has 3 rings (SSSR count). The number of hydrogen-bond donors (Lipinski definition) is 1. The van der Waals surface area contributed by atoms with E-state index in [1.54, 1.807) is 19.2 Å². The minimum Gasteiger partial charge on any atom is -0.345 e. The Hall–Kier alpha value is -2.98. The average Bonchev–Trinajstić information content (AvgIpc) is 3.12. The summed E-state index contributed by atoms with van der Waals surface area (Å²) < 4.78 is 40.0. The van der Waals surface area contributed by atoms with Crippen LogP contribution in [0.5, 0.6) is 0 Å². The van der Waals surface area contributed by atoms with E-state index in [0.717, 1.165) is 10.7 Å². The zero-order chi connectivity index (χ0) is 17.3. The lowest BCUT2D eigenvalue weighted by Gasteiger charge is -2.12. The van der Waals surface area contributed by atoms with Gasteiger partial charge in [-0.25, -0.2) is 9.50 Å². The van der Waals surface area contributed by atoms with Gasteiger partial charge in [0.25, 0.3) is 11.7 Å². The van der Waals surface area contributed by atoms with Crippen LogP contribution in [0.25, 0.3) is 5.78 Å². The Morgan fingerprint density at radius 1 is 1.33 bits per heavy atom. The summed E-state index contributed by atoms with van der Waals surface area (Å²) in [5, 5.41) is 10.0. The van der Waals surface area contributed by atoms with E-state index < -0.39 is 23.8 Å². The van der Waals surface area contributed by atoms with E-state index in [0.29, 0.717) is 0 Å². The number of hydrogen-bond acceptors (Lipinski definition) is 5. The highest BCUT2D eigenvalue weighted by atomic mass is 19.4. The zero-order valence-corrected chi connectivity index (χ0v) is 12.4. The van der Waals surface area contributed by atoms with E-state index in [9.17, 15) is 18.0 Å². The standard InChI is InChI=1S/C13H12F3N7O/c1-8(7-22-6-3-9(20-22)13(14,15)16)18-11(24)10-19-12-17-4-2-5-23(12)21-10/h2-6,8H,7H2,1H3,(H,18,24). The lowest BCUT2D eigenvalue weighted by atomic mass is 10.3. The molecule has 0 spiro atoms. The van der Waals surface area contributed by atoms with Gasteiger partial charge in [0.2, 0.25) is 5.82 Å². The van der Waals surface area contributed by atoms with Crippen molar-refractivity contribution in [2.75, 3.05) is 0 Å². The van der Waals surface area contributed by atoms with Crippen LogP contribution in [0.15, 0.2) is 30.7 Å². The van der Waals surface area contributed by atoms with Crippen LogP contribution in [0.1, 0.15) is 23.2 Å². The van der Waals surface area contributed by atoms with Gasteiger partial charge in [-0.1, -0.05) is 0 Å². The molecular formula is C13H12F3N7O. The summed E-state index contributed by atoms with van der Waals surface area (Å²) >= 11 is 0. The Morgan fingerprint density at radius 3 is 2.79 bits per heavy atom. The lowest BCUT2D eigenvalue weighted by molar-refractivity contribution is -0.141. The molecule has 0 saturated heterocycles. The maximum Gasteiger partial charge on any atom is 0.435 e. The third kappa shape index (κ3) is 3.34. The molecule has 24 heavy (non-hydrogen) atoms. The Balaban J connectivity index is 1.64. The third-order valence-corrected chi connectivity index (χ3v) is 3.09. The number of alkyl halides is 3. The lowest BCUT2D eigenvalue weighted by Crippen LogP contribution is -2.36. The summed E-state index contributed by atoms with van der Waals surface area (Å²) in [7, 11) is 0. The summed E-state index contributed by atoms with van der Waals surface area (Å²) in [5.41, 5.74) is -0.978. The molecule has 0 aromatic carbocycles. The molecule has 0 aliphatic heterocycles. The second kappa shape index (κ2) is 5.91. The van der Waals surface area contributed by atoms with Gasteiger partial charge >= 0.3 is 6.18 Å². The number of rotatable bonds is 4. The van der Waals surface area contributed by atoms with Gasteiger partial charge in [0.15, 0.2) is 5.69 Å². The molecule has 0 radical (unpaired) electrons. The Labute approximate surface area is 133 Å². The number of carbonyl (C=O) groups is 1. The van der Waals surface area contributed by atoms with Gasteiger partial charge in [-0.3, -0.25) is 9.48 Å². The highest BCUT2D eigenvalue weighted by Crippen LogP contribution is 2.27. The smallest absolute Gasteiger partial charge is 0.345 e. The number of halogens is 3. The summed E-state index contributed by atoms with van der Waals surface area (Å²) in [4.78, 5) is 20.0. The van der Waals surface area contributed by atoms with Crippen LogP contribution < -0.4 is 5.32 Å². The van der Waals surface area contributed by atoms with E-state index in [-0.39, 0.29) is 18.1 Å². The molecule has 3 aromatic rings. The van der Waals surface area contributed by atoms with Crippen molar-refractivity contribution in [2.45, 2.75) is 25.7 Å². The SMILES string of the molecule is CC(Cn1ccc(C(F)(F)F)n1)NC(=O)c1nc2ncccn2n1. The van der Waals surface area contributed by atoms with Crippen molar-refractivity contribution >= 4 is 11.7 Å². The fraction of sp³-hybridized carbons (Fsp3) is 0.308. The van der Waals surface area contributed by atoms with Crippen LogP contribution in [0, 0.1) is 0 Å². The van der Waals surface area contributed by atoms with Crippen LogP contribution in [0.2, 0.25) is 0 Å². The van der Waals surface area contributed by atoms with Crippen LogP contribution in [0.4, 0.5) is 13.2 Å². The van der Waals surface area contributed by atoms with Gasteiger partial charge in [-0.2, -0.15) is 23.3 Å². The van der Waals surface area contributed by atoms with Crippen LogP contribution in [0.3, 0.4) is 0 Å². The minimum atomic E-state index is -4.49. The molecule has 1 unspecified atom stereocenters. The molecule has 0 aliphatic rings. The fourth-order valence-corrected chi connectivity index (χ4v) is 2.06. The van der Waals surface area contributed by atoms with Gasteiger partial charge in [-0.05, 0) is 19.1 Å².